The third-order valence-corrected chi connectivity index (χ3v) is 2.32. The van der Waals surface area contributed by atoms with Gasteiger partial charge in [-0.1, -0.05) is 48.6 Å². The maximum atomic E-state index is 9.54. The van der Waals surface area contributed by atoms with E-state index in [4.69, 9.17) is 0 Å². The molecule has 2 aromatic carbocycles. The number of hydrogen-bond donors (Lipinski definition) is 2. The van der Waals surface area contributed by atoms with Gasteiger partial charge >= 0.3 is 0 Å². The van der Waals surface area contributed by atoms with Crippen LogP contribution in [0.2, 0.25) is 0 Å². The first-order chi connectivity index (χ1) is 7.77. The van der Waals surface area contributed by atoms with Gasteiger partial charge in [0.2, 0.25) is 0 Å². The minimum Gasteiger partial charge on any atom is -0.507 e. The Morgan fingerprint density at radius 2 is 1.00 bits per heavy atom. The van der Waals surface area contributed by atoms with E-state index < -0.39 is 0 Å². The summed E-state index contributed by atoms with van der Waals surface area (Å²) in [6.07, 6.45) is 3.54. The van der Waals surface area contributed by atoms with Crippen LogP contribution < -0.4 is 0 Å². The highest BCUT2D eigenvalue weighted by molar-refractivity contribution is 5.74. The molecule has 2 heteroatoms. The van der Waals surface area contributed by atoms with Gasteiger partial charge in [0.05, 0.1) is 0 Å². The predicted octanol–water partition coefficient (Wildman–Crippen LogP) is 3.27. The van der Waals surface area contributed by atoms with Crippen molar-refractivity contribution >= 4 is 12.2 Å². The van der Waals surface area contributed by atoms with E-state index in [1.807, 2.05) is 24.3 Å². The topological polar surface area (TPSA) is 40.5 Å². The zero-order chi connectivity index (χ0) is 11.4. The Labute approximate surface area is 94.1 Å². The van der Waals surface area contributed by atoms with Crippen LogP contribution in [0, 0.1) is 0 Å². The molecule has 16 heavy (non-hydrogen) atoms. The standard InChI is InChI=1S/C14H12O2/c15-13-7-3-1-5-11(13)9-10-12-6-2-4-8-14(12)16/h1-10,15-16H/b10-9-. The largest absolute Gasteiger partial charge is 0.507 e. The predicted molar refractivity (Wildman–Crippen MR) is 65.1 cm³/mol. The lowest BCUT2D eigenvalue weighted by molar-refractivity contribution is 0.473. The van der Waals surface area contributed by atoms with Crippen LogP contribution in [0.5, 0.6) is 11.5 Å². The fourth-order valence-electron chi connectivity index (χ4n) is 1.44. The van der Waals surface area contributed by atoms with Gasteiger partial charge in [-0.15, -0.1) is 0 Å². The van der Waals surface area contributed by atoms with Crippen molar-refractivity contribution in [3.63, 3.8) is 0 Å². The van der Waals surface area contributed by atoms with Crippen molar-refractivity contribution < 1.29 is 10.2 Å². The summed E-state index contributed by atoms with van der Waals surface area (Å²) in [6, 6.07) is 14.1. The molecule has 0 aromatic heterocycles. The third-order valence-electron chi connectivity index (χ3n) is 2.32. The fourth-order valence-corrected chi connectivity index (χ4v) is 1.44. The summed E-state index contributed by atoms with van der Waals surface area (Å²) >= 11 is 0. The highest BCUT2D eigenvalue weighted by atomic mass is 16.3. The lowest BCUT2D eigenvalue weighted by atomic mass is 10.1. The molecule has 0 unspecified atom stereocenters. The van der Waals surface area contributed by atoms with Crippen LogP contribution in [0.1, 0.15) is 11.1 Å². The SMILES string of the molecule is Oc1ccccc1/C=C\c1ccccc1O. The normalized spacial score (nSPS) is 10.8. The second-order valence-electron chi connectivity index (χ2n) is 3.45. The van der Waals surface area contributed by atoms with E-state index in [1.54, 1.807) is 36.4 Å². The molecular formula is C14H12O2. The van der Waals surface area contributed by atoms with Gasteiger partial charge < -0.3 is 10.2 Å². The van der Waals surface area contributed by atoms with Crippen molar-refractivity contribution in [1.82, 2.24) is 0 Å². The smallest absolute Gasteiger partial charge is 0.122 e. The van der Waals surface area contributed by atoms with Gasteiger partial charge in [0.15, 0.2) is 0 Å². The number of rotatable bonds is 2. The summed E-state index contributed by atoms with van der Waals surface area (Å²) in [4.78, 5) is 0. The van der Waals surface area contributed by atoms with Crippen molar-refractivity contribution in [1.29, 1.82) is 0 Å². The molecule has 2 N–H and O–H groups in total. The van der Waals surface area contributed by atoms with Gasteiger partial charge in [-0.05, 0) is 12.1 Å². The van der Waals surface area contributed by atoms with E-state index >= 15 is 0 Å². The highest BCUT2D eigenvalue weighted by Crippen LogP contribution is 2.22. The van der Waals surface area contributed by atoms with Crippen molar-refractivity contribution in [2.45, 2.75) is 0 Å². The lowest BCUT2D eigenvalue weighted by Gasteiger charge is -1.99. The van der Waals surface area contributed by atoms with Crippen LogP contribution in [0.3, 0.4) is 0 Å². The molecule has 0 amide bonds. The van der Waals surface area contributed by atoms with Gasteiger partial charge in [-0.3, -0.25) is 0 Å². The van der Waals surface area contributed by atoms with Gasteiger partial charge in [-0.2, -0.15) is 0 Å². The molecule has 0 aliphatic heterocycles. The first kappa shape index (κ1) is 10.3. The molecule has 0 saturated carbocycles. The van der Waals surface area contributed by atoms with Crippen molar-refractivity contribution in [3.8, 4) is 11.5 Å². The van der Waals surface area contributed by atoms with E-state index in [0.29, 0.717) is 0 Å². The average Bonchev–Trinajstić information content (AvgIpc) is 2.30. The highest BCUT2D eigenvalue weighted by Gasteiger charge is 1.96. The molecule has 0 aliphatic rings. The van der Waals surface area contributed by atoms with Crippen LogP contribution in [-0.2, 0) is 0 Å². The summed E-state index contributed by atoms with van der Waals surface area (Å²) in [6.45, 7) is 0. The van der Waals surface area contributed by atoms with E-state index in [1.165, 1.54) is 0 Å². The Hall–Kier alpha value is -2.22. The Kier molecular flexibility index (Phi) is 2.92. The minimum absolute atomic E-state index is 0.231. The first-order valence-electron chi connectivity index (χ1n) is 5.01. The molecule has 0 spiro atoms. The molecule has 0 fully saturated rings. The van der Waals surface area contributed by atoms with E-state index in [0.717, 1.165) is 11.1 Å². The number of hydrogen-bond acceptors (Lipinski definition) is 2. The van der Waals surface area contributed by atoms with E-state index in [9.17, 15) is 10.2 Å². The second-order valence-corrected chi connectivity index (χ2v) is 3.45. The number of phenolic OH excluding ortho intramolecular Hbond substituents is 2. The Balaban J connectivity index is 2.29. The monoisotopic (exact) mass is 212 g/mol. The zero-order valence-electron chi connectivity index (χ0n) is 8.67. The molecule has 2 rings (SSSR count). The second kappa shape index (κ2) is 4.53. The van der Waals surface area contributed by atoms with Crippen molar-refractivity contribution in [2.75, 3.05) is 0 Å². The van der Waals surface area contributed by atoms with Crippen LogP contribution in [-0.4, -0.2) is 10.2 Å². The zero-order valence-corrected chi connectivity index (χ0v) is 8.67. The molecule has 0 bridgehead atoms. The fraction of sp³-hybridized carbons (Fsp3) is 0. The van der Waals surface area contributed by atoms with Crippen LogP contribution in [0.25, 0.3) is 12.2 Å². The third kappa shape index (κ3) is 2.23. The maximum absolute atomic E-state index is 9.54. The van der Waals surface area contributed by atoms with Crippen molar-refractivity contribution in [3.05, 3.63) is 59.7 Å². The Bertz CT molecular complexity index is 468. The van der Waals surface area contributed by atoms with E-state index in [2.05, 4.69) is 0 Å². The van der Waals surface area contributed by atoms with Gasteiger partial charge in [-0.25, -0.2) is 0 Å². The first-order valence-corrected chi connectivity index (χ1v) is 5.01. The number of benzene rings is 2. The Morgan fingerprint density at radius 1 is 0.625 bits per heavy atom. The Morgan fingerprint density at radius 3 is 1.38 bits per heavy atom. The van der Waals surface area contributed by atoms with Gasteiger partial charge in [0.25, 0.3) is 0 Å². The summed E-state index contributed by atoms with van der Waals surface area (Å²) in [5, 5.41) is 19.1. The minimum atomic E-state index is 0.231. The molecule has 0 saturated heterocycles. The summed E-state index contributed by atoms with van der Waals surface area (Å²) in [7, 11) is 0. The van der Waals surface area contributed by atoms with E-state index in [-0.39, 0.29) is 11.5 Å². The van der Waals surface area contributed by atoms with Crippen LogP contribution >= 0.6 is 0 Å². The number of para-hydroxylation sites is 2. The summed E-state index contributed by atoms with van der Waals surface area (Å²) in [5.41, 5.74) is 1.46. The number of aromatic hydroxyl groups is 2. The molecular weight excluding hydrogens is 200 g/mol. The van der Waals surface area contributed by atoms with Crippen LogP contribution in [0.4, 0.5) is 0 Å². The van der Waals surface area contributed by atoms with Crippen LogP contribution in [0.15, 0.2) is 48.5 Å². The van der Waals surface area contributed by atoms with Crippen molar-refractivity contribution in [2.24, 2.45) is 0 Å². The summed E-state index contributed by atoms with van der Waals surface area (Å²) < 4.78 is 0. The lowest BCUT2D eigenvalue weighted by Crippen LogP contribution is -1.75. The summed E-state index contributed by atoms with van der Waals surface area (Å²) in [5.74, 6) is 0.461. The van der Waals surface area contributed by atoms with Gasteiger partial charge in [0, 0.05) is 11.1 Å². The average molecular weight is 212 g/mol. The quantitative estimate of drug-likeness (QED) is 0.750. The molecule has 0 heterocycles. The van der Waals surface area contributed by atoms with Gasteiger partial charge in [0.1, 0.15) is 11.5 Å². The number of phenols is 2. The molecule has 2 nitrogen and oxygen atoms in total. The maximum Gasteiger partial charge on any atom is 0.122 e. The molecule has 0 radical (unpaired) electrons. The molecule has 0 atom stereocenters. The molecule has 0 aliphatic carbocycles. The molecule has 80 valence electrons. The molecule has 2 aromatic rings.